The van der Waals surface area contributed by atoms with Gasteiger partial charge in [-0.3, -0.25) is 4.79 Å². The first-order chi connectivity index (χ1) is 11.9. The number of ether oxygens (including phenoxy) is 1. The van der Waals surface area contributed by atoms with Gasteiger partial charge >= 0.3 is 6.18 Å². The van der Waals surface area contributed by atoms with Crippen LogP contribution in [0.1, 0.15) is 36.0 Å². The van der Waals surface area contributed by atoms with E-state index in [4.69, 9.17) is 4.74 Å². The van der Waals surface area contributed by atoms with E-state index in [-0.39, 0.29) is 18.7 Å². The molecule has 1 aromatic heterocycles. The summed E-state index contributed by atoms with van der Waals surface area (Å²) in [7, 11) is 0. The minimum atomic E-state index is -4.20. The number of nitrogens with zero attached hydrogens (tertiary/aromatic N) is 2. The third kappa shape index (κ3) is 4.42. The van der Waals surface area contributed by atoms with E-state index in [2.05, 4.69) is 10.3 Å². The molecule has 2 aliphatic rings. The van der Waals surface area contributed by atoms with Gasteiger partial charge < -0.3 is 15.0 Å². The second-order valence-electron chi connectivity index (χ2n) is 6.55. The highest BCUT2D eigenvalue weighted by Gasteiger charge is 2.42. The van der Waals surface area contributed by atoms with Crippen molar-refractivity contribution in [1.82, 2.24) is 10.3 Å². The van der Waals surface area contributed by atoms with Crippen LogP contribution in [0.5, 0.6) is 0 Å². The number of morpholine rings is 1. The summed E-state index contributed by atoms with van der Waals surface area (Å²) in [4.78, 5) is 18.9. The average Bonchev–Trinajstić information content (AvgIpc) is 2.62. The third-order valence-electron chi connectivity index (χ3n) is 4.81. The van der Waals surface area contributed by atoms with Crippen molar-refractivity contribution in [3.8, 4) is 0 Å². The van der Waals surface area contributed by atoms with Crippen LogP contribution in [0.4, 0.5) is 19.0 Å². The number of alkyl halides is 3. The average molecular weight is 357 g/mol. The predicted octanol–water partition coefficient (Wildman–Crippen LogP) is 2.77. The molecule has 5 nitrogen and oxygen atoms in total. The molecular formula is C17H22F3N3O2. The van der Waals surface area contributed by atoms with Gasteiger partial charge in [-0.25, -0.2) is 4.98 Å². The lowest BCUT2D eigenvalue weighted by atomic mass is 9.85. The number of halogens is 3. The van der Waals surface area contributed by atoms with Crippen molar-refractivity contribution in [2.75, 3.05) is 31.2 Å². The van der Waals surface area contributed by atoms with Gasteiger partial charge in [0.25, 0.3) is 5.91 Å². The monoisotopic (exact) mass is 357 g/mol. The molecule has 1 amide bonds. The topological polar surface area (TPSA) is 54.5 Å². The van der Waals surface area contributed by atoms with Gasteiger partial charge in [0.1, 0.15) is 5.82 Å². The molecule has 2 heterocycles. The molecule has 138 valence electrons. The summed E-state index contributed by atoms with van der Waals surface area (Å²) in [5.41, 5.74) is 0.401. The molecule has 1 aliphatic heterocycles. The second-order valence-corrected chi connectivity index (χ2v) is 6.55. The number of anilines is 1. The van der Waals surface area contributed by atoms with Crippen molar-refractivity contribution in [2.45, 2.75) is 37.9 Å². The summed E-state index contributed by atoms with van der Waals surface area (Å²) < 4.78 is 44.1. The van der Waals surface area contributed by atoms with Gasteiger partial charge in [0.05, 0.1) is 24.7 Å². The van der Waals surface area contributed by atoms with E-state index in [9.17, 15) is 18.0 Å². The number of hydrogen-bond donors (Lipinski definition) is 1. The van der Waals surface area contributed by atoms with Crippen molar-refractivity contribution in [2.24, 2.45) is 5.92 Å². The molecule has 2 atom stereocenters. The van der Waals surface area contributed by atoms with Crippen LogP contribution in [-0.2, 0) is 4.74 Å². The number of amides is 1. The van der Waals surface area contributed by atoms with Crippen LogP contribution in [0.25, 0.3) is 0 Å². The lowest BCUT2D eigenvalue weighted by Gasteiger charge is -2.32. The van der Waals surface area contributed by atoms with Crippen molar-refractivity contribution in [1.29, 1.82) is 0 Å². The van der Waals surface area contributed by atoms with E-state index in [1.807, 2.05) is 4.90 Å². The SMILES string of the molecule is O=C(NC1CCCC(C(F)(F)F)C1)c1cccnc1N1CCOCC1. The first-order valence-electron chi connectivity index (χ1n) is 8.60. The van der Waals surface area contributed by atoms with Crippen LogP contribution in [0, 0.1) is 5.92 Å². The number of rotatable bonds is 3. The Morgan fingerprint density at radius 2 is 2.04 bits per heavy atom. The van der Waals surface area contributed by atoms with Crippen molar-refractivity contribution in [3.05, 3.63) is 23.9 Å². The van der Waals surface area contributed by atoms with Gasteiger partial charge in [0.15, 0.2) is 0 Å². The summed E-state index contributed by atoms with van der Waals surface area (Å²) in [6.07, 6.45) is -1.45. The number of pyridine rings is 1. The van der Waals surface area contributed by atoms with E-state index in [0.29, 0.717) is 50.5 Å². The second kappa shape index (κ2) is 7.59. The molecule has 0 bridgehead atoms. The van der Waals surface area contributed by atoms with Gasteiger partial charge in [0.2, 0.25) is 0 Å². The summed E-state index contributed by atoms with van der Waals surface area (Å²) in [5, 5.41) is 2.78. The van der Waals surface area contributed by atoms with Crippen LogP contribution >= 0.6 is 0 Å². The fourth-order valence-electron chi connectivity index (χ4n) is 3.48. The van der Waals surface area contributed by atoms with Crippen molar-refractivity contribution < 1.29 is 22.7 Å². The first kappa shape index (κ1) is 18.0. The Kier molecular flexibility index (Phi) is 5.46. The smallest absolute Gasteiger partial charge is 0.378 e. The maximum Gasteiger partial charge on any atom is 0.391 e. The highest BCUT2D eigenvalue weighted by atomic mass is 19.4. The molecule has 3 rings (SSSR count). The lowest BCUT2D eigenvalue weighted by molar-refractivity contribution is -0.183. The van der Waals surface area contributed by atoms with Crippen molar-refractivity contribution >= 4 is 11.7 Å². The van der Waals surface area contributed by atoms with Gasteiger partial charge in [-0.05, 0) is 31.4 Å². The Morgan fingerprint density at radius 3 is 2.76 bits per heavy atom. The van der Waals surface area contributed by atoms with E-state index in [1.165, 1.54) is 0 Å². The van der Waals surface area contributed by atoms with Gasteiger partial charge in [-0.1, -0.05) is 6.42 Å². The molecule has 1 saturated heterocycles. The van der Waals surface area contributed by atoms with E-state index in [1.54, 1.807) is 18.3 Å². The van der Waals surface area contributed by atoms with Gasteiger partial charge in [-0.15, -0.1) is 0 Å². The number of aromatic nitrogens is 1. The fourth-order valence-corrected chi connectivity index (χ4v) is 3.48. The minimum absolute atomic E-state index is 0.0532. The van der Waals surface area contributed by atoms with Crippen LogP contribution < -0.4 is 10.2 Å². The quantitative estimate of drug-likeness (QED) is 0.904. The Balaban J connectivity index is 1.69. The molecule has 0 aromatic carbocycles. The minimum Gasteiger partial charge on any atom is -0.378 e. The summed E-state index contributed by atoms with van der Waals surface area (Å²) in [6.45, 7) is 2.40. The fraction of sp³-hybridized carbons (Fsp3) is 0.647. The molecule has 1 saturated carbocycles. The highest BCUT2D eigenvalue weighted by molar-refractivity contribution is 5.99. The molecule has 2 unspecified atom stereocenters. The number of hydrogen-bond acceptors (Lipinski definition) is 4. The summed E-state index contributed by atoms with van der Waals surface area (Å²) >= 11 is 0. The third-order valence-corrected chi connectivity index (χ3v) is 4.81. The Morgan fingerprint density at radius 1 is 1.28 bits per heavy atom. The Hall–Kier alpha value is -1.83. The predicted molar refractivity (Wildman–Crippen MR) is 86.5 cm³/mol. The zero-order chi connectivity index (χ0) is 17.9. The normalized spacial score (nSPS) is 24.8. The molecule has 25 heavy (non-hydrogen) atoms. The largest absolute Gasteiger partial charge is 0.391 e. The molecule has 1 N–H and O–H groups in total. The number of nitrogens with one attached hydrogen (secondary N) is 1. The van der Waals surface area contributed by atoms with Gasteiger partial charge in [0, 0.05) is 25.3 Å². The Labute approximate surface area is 144 Å². The zero-order valence-electron chi connectivity index (χ0n) is 13.9. The summed E-state index contributed by atoms with van der Waals surface area (Å²) in [6, 6.07) is 2.88. The van der Waals surface area contributed by atoms with Crippen molar-refractivity contribution in [3.63, 3.8) is 0 Å². The molecular weight excluding hydrogens is 335 g/mol. The standard InChI is InChI=1S/C17H22F3N3O2/c18-17(19,20)12-3-1-4-13(11-12)22-16(24)14-5-2-6-21-15(14)23-7-9-25-10-8-23/h2,5-6,12-13H,1,3-4,7-11H2,(H,22,24). The maximum atomic E-state index is 12.9. The molecule has 8 heteroatoms. The molecule has 2 fully saturated rings. The molecule has 0 radical (unpaired) electrons. The zero-order valence-corrected chi connectivity index (χ0v) is 13.9. The van der Waals surface area contributed by atoms with Crippen LogP contribution in [0.2, 0.25) is 0 Å². The number of carbonyl (C=O) groups excluding carboxylic acids is 1. The molecule has 0 spiro atoms. The van der Waals surface area contributed by atoms with Gasteiger partial charge in [-0.2, -0.15) is 13.2 Å². The number of carbonyl (C=O) groups is 1. The first-order valence-corrected chi connectivity index (χ1v) is 8.60. The highest BCUT2D eigenvalue weighted by Crippen LogP contribution is 2.37. The van der Waals surface area contributed by atoms with Crippen LogP contribution in [0.3, 0.4) is 0 Å². The molecule has 1 aromatic rings. The van der Waals surface area contributed by atoms with E-state index in [0.717, 1.165) is 0 Å². The summed E-state index contributed by atoms with van der Waals surface area (Å²) in [5.74, 6) is -1.13. The lowest BCUT2D eigenvalue weighted by Crippen LogP contribution is -2.43. The molecule has 1 aliphatic carbocycles. The van der Waals surface area contributed by atoms with Crippen LogP contribution in [-0.4, -0.2) is 49.4 Å². The van der Waals surface area contributed by atoms with E-state index < -0.39 is 18.1 Å². The van der Waals surface area contributed by atoms with E-state index >= 15 is 0 Å². The van der Waals surface area contributed by atoms with Crippen LogP contribution in [0.15, 0.2) is 18.3 Å². The Bertz CT molecular complexity index is 603. The maximum absolute atomic E-state index is 12.9.